The fourth-order valence-corrected chi connectivity index (χ4v) is 2.43. The molecule has 2 heterocycles. The first-order chi connectivity index (χ1) is 10.8. The molecule has 0 aromatic carbocycles. The van der Waals surface area contributed by atoms with E-state index in [2.05, 4.69) is 9.72 Å². The highest BCUT2D eigenvalue weighted by Crippen LogP contribution is 2.20. The van der Waals surface area contributed by atoms with Crippen LogP contribution in [0.15, 0.2) is 17.1 Å². The van der Waals surface area contributed by atoms with Gasteiger partial charge in [0.25, 0.3) is 0 Å². The highest BCUT2D eigenvalue weighted by Gasteiger charge is 2.29. The third-order valence-corrected chi connectivity index (χ3v) is 3.53. The van der Waals surface area contributed by atoms with Crippen molar-refractivity contribution in [2.45, 2.75) is 31.9 Å². The van der Waals surface area contributed by atoms with Gasteiger partial charge in [-0.1, -0.05) is 11.6 Å². The molecule has 0 aliphatic rings. The van der Waals surface area contributed by atoms with Gasteiger partial charge in [-0.15, -0.1) is 0 Å². The van der Waals surface area contributed by atoms with E-state index in [-0.39, 0.29) is 35.1 Å². The summed E-state index contributed by atoms with van der Waals surface area (Å²) in [6.45, 7) is 0.190. The van der Waals surface area contributed by atoms with Gasteiger partial charge in [-0.25, -0.2) is 14.3 Å². The van der Waals surface area contributed by atoms with Gasteiger partial charge in [-0.2, -0.15) is 0 Å². The predicted molar refractivity (Wildman–Crippen MR) is 79.5 cm³/mol. The standard InChI is InChI=1S/C13H16ClN3O6/c1-23-11(18)4-2-3-5-16-8-6-10(14)15-7-9(8)17(12(16)19)13(20,21)22/h6-7,20-22H,2-5H2,1H3. The van der Waals surface area contributed by atoms with Crippen LogP contribution in [-0.4, -0.2) is 42.5 Å². The molecule has 2 aromatic rings. The lowest BCUT2D eigenvalue weighted by Gasteiger charge is -2.14. The quantitative estimate of drug-likeness (QED) is 0.285. The molecule has 0 saturated heterocycles. The van der Waals surface area contributed by atoms with E-state index in [4.69, 9.17) is 11.6 Å². The van der Waals surface area contributed by atoms with Crippen molar-refractivity contribution in [3.05, 3.63) is 27.9 Å². The van der Waals surface area contributed by atoms with Crippen molar-refractivity contribution in [2.75, 3.05) is 7.11 Å². The molecule has 2 aromatic heterocycles. The average molecular weight is 346 g/mol. The van der Waals surface area contributed by atoms with E-state index < -0.39 is 11.8 Å². The number of rotatable bonds is 6. The molecular formula is C13H16ClN3O6. The summed E-state index contributed by atoms with van der Waals surface area (Å²) < 4.78 is 6.14. The smallest absolute Gasteiger partial charge is 0.377 e. The number of fused-ring (bicyclic) bond motifs is 1. The summed E-state index contributed by atoms with van der Waals surface area (Å²) in [5.74, 6) is -0.355. The first-order valence-electron chi connectivity index (χ1n) is 6.77. The number of methoxy groups -OCH3 is 1. The van der Waals surface area contributed by atoms with Gasteiger partial charge in [0.1, 0.15) is 5.15 Å². The molecule has 0 radical (unpaired) electrons. The van der Waals surface area contributed by atoms with E-state index in [0.717, 1.165) is 6.20 Å². The lowest BCUT2D eigenvalue weighted by atomic mass is 10.2. The Morgan fingerprint density at radius 3 is 2.65 bits per heavy atom. The summed E-state index contributed by atoms with van der Waals surface area (Å²) >= 11 is 5.80. The second kappa shape index (κ2) is 6.67. The van der Waals surface area contributed by atoms with Crippen LogP contribution < -0.4 is 5.69 Å². The summed E-state index contributed by atoms with van der Waals surface area (Å²) in [6, 6.07) is 1.38. The number of esters is 1. The summed E-state index contributed by atoms with van der Waals surface area (Å²) in [4.78, 5) is 27.1. The van der Waals surface area contributed by atoms with Crippen molar-refractivity contribution in [3.8, 4) is 0 Å². The van der Waals surface area contributed by atoms with Crippen molar-refractivity contribution in [2.24, 2.45) is 0 Å². The predicted octanol–water partition coefficient (Wildman–Crippen LogP) is -0.261. The zero-order valence-corrected chi connectivity index (χ0v) is 13.0. The van der Waals surface area contributed by atoms with E-state index in [9.17, 15) is 24.9 Å². The Kier molecular flexibility index (Phi) is 5.05. The van der Waals surface area contributed by atoms with Gasteiger partial charge in [0, 0.05) is 19.0 Å². The lowest BCUT2D eigenvalue weighted by molar-refractivity contribution is -0.374. The van der Waals surface area contributed by atoms with Crippen LogP contribution in [-0.2, 0) is 22.2 Å². The number of imidazole rings is 1. The van der Waals surface area contributed by atoms with E-state index in [0.29, 0.717) is 17.4 Å². The molecule has 10 heteroatoms. The van der Waals surface area contributed by atoms with Crippen LogP contribution in [0.3, 0.4) is 0 Å². The van der Waals surface area contributed by atoms with E-state index >= 15 is 0 Å². The van der Waals surface area contributed by atoms with Crippen LogP contribution in [0.5, 0.6) is 0 Å². The monoisotopic (exact) mass is 345 g/mol. The van der Waals surface area contributed by atoms with Crippen LogP contribution in [0.2, 0.25) is 5.15 Å². The second-order valence-electron chi connectivity index (χ2n) is 4.90. The number of carbonyl (C=O) groups is 1. The molecule has 126 valence electrons. The Morgan fingerprint density at radius 2 is 2.04 bits per heavy atom. The maximum Gasteiger partial charge on any atom is 0.377 e. The van der Waals surface area contributed by atoms with Crippen LogP contribution in [0, 0.1) is 0 Å². The number of nitrogens with zero attached hydrogens (tertiary/aromatic N) is 3. The number of ether oxygens (including phenoxy) is 1. The number of carbonyl (C=O) groups excluding carboxylic acids is 1. The maximum atomic E-state index is 12.3. The number of aryl methyl sites for hydroxylation is 1. The molecule has 0 amide bonds. The van der Waals surface area contributed by atoms with Gasteiger partial charge >= 0.3 is 17.8 Å². The van der Waals surface area contributed by atoms with Crippen molar-refractivity contribution in [1.29, 1.82) is 0 Å². The van der Waals surface area contributed by atoms with Crippen molar-refractivity contribution in [1.82, 2.24) is 14.1 Å². The third-order valence-electron chi connectivity index (χ3n) is 3.32. The molecule has 0 bridgehead atoms. The Hall–Kier alpha value is -1.94. The molecular weight excluding hydrogens is 330 g/mol. The van der Waals surface area contributed by atoms with Gasteiger partial charge < -0.3 is 20.1 Å². The van der Waals surface area contributed by atoms with Gasteiger partial charge in [0.2, 0.25) is 0 Å². The van der Waals surface area contributed by atoms with E-state index in [1.165, 1.54) is 17.7 Å². The molecule has 9 nitrogen and oxygen atoms in total. The van der Waals surface area contributed by atoms with Gasteiger partial charge in [-0.05, 0) is 12.8 Å². The Bertz CT molecular complexity index is 776. The molecule has 0 atom stereocenters. The molecule has 0 unspecified atom stereocenters. The minimum absolute atomic E-state index is 0.0138. The maximum absolute atomic E-state index is 12.3. The topological polar surface area (TPSA) is 127 Å². The Balaban J connectivity index is 2.35. The molecule has 0 fully saturated rings. The van der Waals surface area contributed by atoms with Crippen molar-refractivity contribution < 1.29 is 24.9 Å². The molecule has 2 rings (SSSR count). The summed E-state index contributed by atoms with van der Waals surface area (Å²) in [6.07, 6.45) is -1.06. The SMILES string of the molecule is COC(=O)CCCCn1c(=O)n(C(O)(O)O)c2cnc(Cl)cc21. The second-order valence-corrected chi connectivity index (χ2v) is 5.29. The largest absolute Gasteiger partial charge is 0.469 e. The summed E-state index contributed by atoms with van der Waals surface area (Å²) in [5, 5.41) is 28.2. The van der Waals surface area contributed by atoms with Gasteiger partial charge in [-0.3, -0.25) is 9.36 Å². The zero-order chi connectivity index (χ0) is 17.2. The van der Waals surface area contributed by atoms with Crippen LogP contribution in [0.25, 0.3) is 11.0 Å². The highest BCUT2D eigenvalue weighted by molar-refractivity contribution is 6.29. The summed E-state index contributed by atoms with van der Waals surface area (Å²) in [5.41, 5.74) is -0.538. The first-order valence-corrected chi connectivity index (χ1v) is 7.14. The van der Waals surface area contributed by atoms with Gasteiger partial charge in [0.15, 0.2) is 0 Å². The average Bonchev–Trinajstić information content (AvgIpc) is 2.74. The number of halogens is 1. The highest BCUT2D eigenvalue weighted by atomic mass is 35.5. The number of unbranched alkanes of at least 4 members (excludes halogenated alkanes) is 1. The lowest BCUT2D eigenvalue weighted by Crippen LogP contribution is -2.41. The first kappa shape index (κ1) is 17.4. The molecule has 0 saturated carbocycles. The van der Waals surface area contributed by atoms with Crippen molar-refractivity contribution >= 4 is 28.6 Å². The number of aromatic nitrogens is 3. The van der Waals surface area contributed by atoms with Crippen LogP contribution in [0.4, 0.5) is 0 Å². The van der Waals surface area contributed by atoms with Gasteiger partial charge in [0.05, 0.1) is 24.3 Å². The minimum atomic E-state index is -3.36. The number of aliphatic hydroxyl groups is 3. The molecule has 3 N–H and O–H groups in total. The fraction of sp³-hybridized carbons (Fsp3) is 0.462. The molecule has 0 aliphatic carbocycles. The van der Waals surface area contributed by atoms with E-state index in [1.807, 2.05) is 0 Å². The zero-order valence-electron chi connectivity index (χ0n) is 12.3. The molecule has 23 heavy (non-hydrogen) atoms. The number of pyridine rings is 1. The van der Waals surface area contributed by atoms with Crippen LogP contribution >= 0.6 is 11.6 Å². The summed E-state index contributed by atoms with van der Waals surface area (Å²) in [7, 11) is 1.29. The minimum Gasteiger partial charge on any atom is -0.469 e. The third kappa shape index (κ3) is 3.70. The van der Waals surface area contributed by atoms with E-state index in [1.54, 1.807) is 0 Å². The fourth-order valence-electron chi connectivity index (χ4n) is 2.28. The number of hydrogen-bond acceptors (Lipinski definition) is 7. The number of hydrogen-bond donors (Lipinski definition) is 3. The Labute approximate surface area is 135 Å². The van der Waals surface area contributed by atoms with Crippen molar-refractivity contribution in [3.63, 3.8) is 0 Å². The molecule has 0 aliphatic heterocycles. The normalized spacial score (nSPS) is 11.9. The Morgan fingerprint density at radius 1 is 1.35 bits per heavy atom. The van der Waals surface area contributed by atoms with Crippen LogP contribution in [0.1, 0.15) is 19.3 Å². The molecule has 0 spiro atoms.